The van der Waals surface area contributed by atoms with E-state index in [0.717, 1.165) is 22.4 Å². The van der Waals surface area contributed by atoms with Gasteiger partial charge in [-0.1, -0.05) is 20.8 Å². The van der Waals surface area contributed by atoms with Crippen LogP contribution in [0.4, 0.5) is 5.69 Å². The van der Waals surface area contributed by atoms with Crippen LogP contribution in [-0.2, 0) is 7.05 Å². The number of pyridine rings is 1. The Bertz CT molecular complexity index is 641. The second-order valence-corrected chi connectivity index (χ2v) is 7.10. The minimum Gasteiger partial charge on any atom is -0.381 e. The van der Waals surface area contributed by atoms with Crippen molar-refractivity contribution in [3.05, 3.63) is 18.0 Å². The summed E-state index contributed by atoms with van der Waals surface area (Å²) in [7, 11) is 1.94. The van der Waals surface area contributed by atoms with Crippen LogP contribution in [0.3, 0.4) is 0 Å². The van der Waals surface area contributed by atoms with Gasteiger partial charge in [0.2, 0.25) is 0 Å². The molecule has 1 fully saturated rings. The molecule has 2 atom stereocenters. The molecule has 4 nitrogen and oxygen atoms in total. The Labute approximate surface area is 120 Å². The van der Waals surface area contributed by atoms with E-state index in [4.69, 9.17) is 0 Å². The second-order valence-electron chi connectivity index (χ2n) is 7.10. The number of aromatic nitrogens is 3. The minimum absolute atomic E-state index is 0.443. The monoisotopic (exact) mass is 272 g/mol. The zero-order valence-electron chi connectivity index (χ0n) is 13.1. The van der Waals surface area contributed by atoms with Crippen LogP contribution >= 0.6 is 0 Å². The summed E-state index contributed by atoms with van der Waals surface area (Å²) in [6.07, 6.45) is 4.44. The van der Waals surface area contributed by atoms with Crippen molar-refractivity contribution in [2.45, 2.75) is 46.6 Å². The maximum absolute atomic E-state index is 4.54. The minimum atomic E-state index is 0.443. The maximum Gasteiger partial charge on any atom is 0.157 e. The summed E-state index contributed by atoms with van der Waals surface area (Å²) >= 11 is 0. The first-order valence-electron chi connectivity index (χ1n) is 7.42. The van der Waals surface area contributed by atoms with Gasteiger partial charge in [0.15, 0.2) is 5.65 Å². The fourth-order valence-electron chi connectivity index (χ4n) is 3.69. The van der Waals surface area contributed by atoms with Crippen LogP contribution < -0.4 is 5.32 Å². The Morgan fingerprint density at radius 3 is 2.75 bits per heavy atom. The Hall–Kier alpha value is -1.58. The van der Waals surface area contributed by atoms with Gasteiger partial charge in [-0.05, 0) is 37.2 Å². The molecule has 2 heterocycles. The highest BCUT2D eigenvalue weighted by Crippen LogP contribution is 2.42. The molecule has 1 aliphatic carbocycles. The fourth-order valence-corrected chi connectivity index (χ4v) is 3.69. The number of hydrogen-bond acceptors (Lipinski definition) is 3. The van der Waals surface area contributed by atoms with Gasteiger partial charge in [0.25, 0.3) is 0 Å². The SMILES string of the molecule is Cc1nn(C)c2ncc(NC3CC(C)(C)CC3C)cc12. The molecule has 0 bridgehead atoms. The number of hydrogen-bond donors (Lipinski definition) is 1. The van der Waals surface area contributed by atoms with E-state index in [1.54, 1.807) is 0 Å². The van der Waals surface area contributed by atoms with Gasteiger partial charge in [0, 0.05) is 18.5 Å². The van der Waals surface area contributed by atoms with Crippen LogP contribution in [0.5, 0.6) is 0 Å². The van der Waals surface area contributed by atoms with Crippen molar-refractivity contribution >= 4 is 16.7 Å². The molecule has 0 saturated heterocycles. The molecule has 0 aliphatic heterocycles. The maximum atomic E-state index is 4.54. The number of fused-ring (bicyclic) bond motifs is 1. The lowest BCUT2D eigenvalue weighted by atomic mass is 9.91. The average Bonchev–Trinajstić information content (AvgIpc) is 2.77. The van der Waals surface area contributed by atoms with Crippen molar-refractivity contribution in [3.8, 4) is 0 Å². The Morgan fingerprint density at radius 1 is 1.35 bits per heavy atom. The molecule has 0 amide bonds. The van der Waals surface area contributed by atoms with E-state index >= 15 is 0 Å². The smallest absolute Gasteiger partial charge is 0.157 e. The van der Waals surface area contributed by atoms with E-state index in [-0.39, 0.29) is 0 Å². The third-order valence-corrected chi connectivity index (χ3v) is 4.55. The quantitative estimate of drug-likeness (QED) is 0.909. The third-order valence-electron chi connectivity index (χ3n) is 4.55. The first-order chi connectivity index (χ1) is 9.35. The molecule has 2 unspecified atom stereocenters. The summed E-state index contributed by atoms with van der Waals surface area (Å²) in [5, 5.41) is 9.24. The summed E-state index contributed by atoms with van der Waals surface area (Å²) in [6, 6.07) is 2.73. The zero-order chi connectivity index (χ0) is 14.5. The molecule has 0 spiro atoms. The van der Waals surface area contributed by atoms with Gasteiger partial charge in [-0.15, -0.1) is 0 Å². The predicted molar refractivity (Wildman–Crippen MR) is 82.8 cm³/mol. The van der Waals surface area contributed by atoms with Gasteiger partial charge in [-0.25, -0.2) is 4.98 Å². The van der Waals surface area contributed by atoms with E-state index in [9.17, 15) is 0 Å². The Kier molecular flexibility index (Phi) is 3.00. The third kappa shape index (κ3) is 2.28. The van der Waals surface area contributed by atoms with E-state index in [2.05, 4.69) is 42.2 Å². The van der Waals surface area contributed by atoms with E-state index in [1.807, 2.05) is 24.9 Å². The zero-order valence-corrected chi connectivity index (χ0v) is 13.1. The van der Waals surface area contributed by atoms with Crippen molar-refractivity contribution in [1.29, 1.82) is 0 Å². The van der Waals surface area contributed by atoms with Gasteiger partial charge in [-0.2, -0.15) is 5.10 Å². The number of rotatable bonds is 2. The summed E-state index contributed by atoms with van der Waals surface area (Å²) in [6.45, 7) is 9.10. The van der Waals surface area contributed by atoms with Crippen LogP contribution in [0.2, 0.25) is 0 Å². The number of anilines is 1. The standard InChI is InChI=1S/C16H24N4/c1-10-7-16(3,4)8-14(10)18-12-6-13-11(2)19-20(5)15(13)17-9-12/h6,9-10,14,18H,7-8H2,1-5H3. The van der Waals surface area contributed by atoms with Crippen LogP contribution in [-0.4, -0.2) is 20.8 Å². The van der Waals surface area contributed by atoms with Gasteiger partial charge in [0.05, 0.1) is 17.6 Å². The first kappa shape index (κ1) is 13.4. The van der Waals surface area contributed by atoms with Crippen LogP contribution in [0.1, 0.15) is 39.3 Å². The van der Waals surface area contributed by atoms with Crippen molar-refractivity contribution in [2.75, 3.05) is 5.32 Å². The predicted octanol–water partition coefficient (Wildman–Crippen LogP) is 3.51. The van der Waals surface area contributed by atoms with E-state index < -0.39 is 0 Å². The van der Waals surface area contributed by atoms with Gasteiger partial charge < -0.3 is 5.32 Å². The first-order valence-corrected chi connectivity index (χ1v) is 7.42. The molecule has 3 rings (SSSR count). The summed E-state index contributed by atoms with van der Waals surface area (Å²) in [5.41, 5.74) is 3.55. The van der Waals surface area contributed by atoms with Gasteiger partial charge in [-0.3, -0.25) is 4.68 Å². The molecule has 0 aromatic carbocycles. The molecule has 108 valence electrons. The molecule has 2 aromatic heterocycles. The van der Waals surface area contributed by atoms with Crippen molar-refractivity contribution in [1.82, 2.24) is 14.8 Å². The topological polar surface area (TPSA) is 42.7 Å². The molecular weight excluding hydrogens is 248 g/mol. The molecule has 4 heteroatoms. The fraction of sp³-hybridized carbons (Fsp3) is 0.625. The number of aryl methyl sites for hydroxylation is 2. The summed E-state index contributed by atoms with van der Waals surface area (Å²) in [4.78, 5) is 4.54. The van der Waals surface area contributed by atoms with Crippen LogP contribution in [0.25, 0.3) is 11.0 Å². The highest BCUT2D eigenvalue weighted by molar-refractivity contribution is 5.81. The average molecular weight is 272 g/mol. The number of nitrogens with zero attached hydrogens (tertiary/aromatic N) is 3. The highest BCUT2D eigenvalue weighted by Gasteiger charge is 2.36. The van der Waals surface area contributed by atoms with Gasteiger partial charge in [0.1, 0.15) is 0 Å². The van der Waals surface area contributed by atoms with E-state index in [1.165, 1.54) is 12.8 Å². The lowest BCUT2D eigenvalue weighted by Crippen LogP contribution is -2.22. The van der Waals surface area contributed by atoms with Crippen LogP contribution in [0.15, 0.2) is 12.3 Å². The molecular formula is C16H24N4. The van der Waals surface area contributed by atoms with Crippen molar-refractivity contribution in [3.63, 3.8) is 0 Å². The second kappa shape index (κ2) is 4.47. The Balaban J connectivity index is 1.86. The molecule has 0 radical (unpaired) electrons. The van der Waals surface area contributed by atoms with Crippen molar-refractivity contribution < 1.29 is 0 Å². The number of nitrogens with one attached hydrogen (secondary N) is 1. The lowest BCUT2D eigenvalue weighted by molar-refractivity contribution is 0.366. The van der Waals surface area contributed by atoms with Crippen molar-refractivity contribution in [2.24, 2.45) is 18.4 Å². The molecule has 20 heavy (non-hydrogen) atoms. The largest absolute Gasteiger partial charge is 0.381 e. The lowest BCUT2D eigenvalue weighted by Gasteiger charge is -2.19. The molecule has 1 saturated carbocycles. The molecule has 2 aromatic rings. The Morgan fingerprint density at radius 2 is 2.10 bits per heavy atom. The molecule has 1 aliphatic rings. The van der Waals surface area contributed by atoms with E-state index in [0.29, 0.717) is 17.4 Å². The normalized spacial score (nSPS) is 25.2. The van der Waals surface area contributed by atoms with Gasteiger partial charge >= 0.3 is 0 Å². The summed E-state index contributed by atoms with van der Waals surface area (Å²) in [5.74, 6) is 0.704. The highest BCUT2D eigenvalue weighted by atomic mass is 15.3. The van der Waals surface area contributed by atoms with Crippen LogP contribution in [0, 0.1) is 18.3 Å². The molecule has 1 N–H and O–H groups in total. The summed E-state index contributed by atoms with van der Waals surface area (Å²) < 4.78 is 1.84.